The molecule has 6 heteroatoms. The van der Waals surface area contributed by atoms with Crippen LogP contribution >= 0.6 is 0 Å². The summed E-state index contributed by atoms with van der Waals surface area (Å²) in [6.07, 6.45) is -4.41. The maximum absolute atomic E-state index is 12.8. The van der Waals surface area contributed by atoms with Crippen molar-refractivity contribution in [2.75, 3.05) is 7.11 Å². The smallest absolute Gasteiger partial charge is 0.416 e. The second kappa shape index (κ2) is 6.73. The second-order valence-electron chi connectivity index (χ2n) is 5.02. The molecule has 2 aromatic rings. The zero-order valence-electron chi connectivity index (χ0n) is 12.6. The summed E-state index contributed by atoms with van der Waals surface area (Å²) in [7, 11) is 1.45. The van der Waals surface area contributed by atoms with E-state index in [4.69, 9.17) is 4.74 Å². The Morgan fingerprint density at radius 1 is 1.13 bits per heavy atom. The number of halogens is 3. The molecule has 0 aliphatic heterocycles. The Morgan fingerprint density at radius 3 is 2.48 bits per heavy atom. The first-order valence-electron chi connectivity index (χ1n) is 6.94. The summed E-state index contributed by atoms with van der Waals surface area (Å²) in [5.74, 6) is -0.00592. The number of methoxy groups -OCH3 is 1. The van der Waals surface area contributed by atoms with Crippen LogP contribution in [0.25, 0.3) is 0 Å². The van der Waals surface area contributed by atoms with Crippen molar-refractivity contribution < 1.29 is 22.7 Å². The molecule has 0 radical (unpaired) electrons. The van der Waals surface area contributed by atoms with Crippen molar-refractivity contribution in [2.45, 2.75) is 19.1 Å². The third-order valence-electron chi connectivity index (χ3n) is 3.41. The van der Waals surface area contributed by atoms with E-state index in [1.54, 1.807) is 37.3 Å². The molecule has 0 fully saturated rings. The summed E-state index contributed by atoms with van der Waals surface area (Å²) < 4.78 is 43.4. The predicted molar refractivity (Wildman–Crippen MR) is 80.3 cm³/mol. The molecule has 0 aliphatic rings. The molecule has 23 heavy (non-hydrogen) atoms. The van der Waals surface area contributed by atoms with Crippen LogP contribution in [0.15, 0.2) is 48.5 Å². The van der Waals surface area contributed by atoms with E-state index in [1.807, 2.05) is 0 Å². The van der Waals surface area contributed by atoms with E-state index < -0.39 is 23.7 Å². The molecular formula is C17H16F3NO2. The van der Waals surface area contributed by atoms with E-state index in [-0.39, 0.29) is 0 Å². The molecule has 0 aliphatic carbocycles. The minimum absolute atomic E-state index is 0.328. The second-order valence-corrected chi connectivity index (χ2v) is 5.02. The van der Waals surface area contributed by atoms with Crippen molar-refractivity contribution >= 4 is 5.91 Å². The van der Waals surface area contributed by atoms with Crippen LogP contribution in [0.3, 0.4) is 0 Å². The van der Waals surface area contributed by atoms with Gasteiger partial charge in [-0.05, 0) is 36.8 Å². The number of alkyl halides is 3. The van der Waals surface area contributed by atoms with Gasteiger partial charge in [0.15, 0.2) is 0 Å². The van der Waals surface area contributed by atoms with Gasteiger partial charge in [0.05, 0.1) is 24.3 Å². The standard InChI is InChI=1S/C17H16F3NO2/c1-11(12-6-5-7-13(10-12)17(18,19)20)21-16(22)14-8-3-4-9-15(14)23-2/h3-11H,1-2H3,(H,21,22). The van der Waals surface area contributed by atoms with Gasteiger partial charge in [0.25, 0.3) is 5.91 Å². The SMILES string of the molecule is COc1ccccc1C(=O)NC(C)c1cccc(C(F)(F)F)c1. The van der Waals surface area contributed by atoms with Gasteiger partial charge in [-0.2, -0.15) is 13.2 Å². The first kappa shape index (κ1) is 16.9. The Balaban J connectivity index is 2.19. The summed E-state index contributed by atoms with van der Waals surface area (Å²) in [6.45, 7) is 1.63. The average molecular weight is 323 g/mol. The topological polar surface area (TPSA) is 38.3 Å². The fourth-order valence-corrected chi connectivity index (χ4v) is 2.17. The van der Waals surface area contributed by atoms with Crippen LogP contribution in [0.2, 0.25) is 0 Å². The van der Waals surface area contributed by atoms with Crippen LogP contribution < -0.4 is 10.1 Å². The Morgan fingerprint density at radius 2 is 1.83 bits per heavy atom. The third kappa shape index (κ3) is 4.03. The van der Waals surface area contributed by atoms with E-state index in [9.17, 15) is 18.0 Å². The van der Waals surface area contributed by atoms with Crippen LogP contribution in [0.5, 0.6) is 5.75 Å². The monoisotopic (exact) mass is 323 g/mol. The number of nitrogens with one attached hydrogen (secondary N) is 1. The largest absolute Gasteiger partial charge is 0.496 e. The molecule has 0 heterocycles. The number of para-hydroxylation sites is 1. The third-order valence-corrected chi connectivity index (χ3v) is 3.41. The predicted octanol–water partition coefficient (Wildman–Crippen LogP) is 4.21. The van der Waals surface area contributed by atoms with Crippen LogP contribution in [-0.2, 0) is 6.18 Å². The van der Waals surface area contributed by atoms with Crippen molar-refractivity contribution in [3.8, 4) is 5.75 Å². The summed E-state index contributed by atoms with van der Waals surface area (Å²) in [4.78, 5) is 12.3. The normalized spacial score (nSPS) is 12.6. The molecule has 2 rings (SSSR count). The van der Waals surface area contributed by atoms with Gasteiger partial charge < -0.3 is 10.1 Å². The van der Waals surface area contributed by atoms with E-state index in [0.29, 0.717) is 16.9 Å². The van der Waals surface area contributed by atoms with E-state index in [2.05, 4.69) is 5.32 Å². The molecule has 1 atom stereocenters. The van der Waals surface area contributed by atoms with Crippen LogP contribution in [0, 0.1) is 0 Å². The van der Waals surface area contributed by atoms with Gasteiger partial charge in [-0.25, -0.2) is 0 Å². The first-order chi connectivity index (χ1) is 10.8. The van der Waals surface area contributed by atoms with Crippen molar-refractivity contribution in [3.05, 3.63) is 65.2 Å². The Hall–Kier alpha value is -2.50. The lowest BCUT2D eigenvalue weighted by Gasteiger charge is -2.17. The fraction of sp³-hybridized carbons (Fsp3) is 0.235. The summed E-state index contributed by atoms with van der Waals surface area (Å²) in [6, 6.07) is 11.0. The van der Waals surface area contributed by atoms with Gasteiger partial charge in [-0.15, -0.1) is 0 Å². The highest BCUT2D eigenvalue weighted by molar-refractivity contribution is 5.97. The average Bonchev–Trinajstić information content (AvgIpc) is 2.54. The van der Waals surface area contributed by atoms with Gasteiger partial charge in [0.1, 0.15) is 5.75 Å². The highest BCUT2D eigenvalue weighted by Crippen LogP contribution is 2.30. The van der Waals surface area contributed by atoms with Crippen molar-refractivity contribution in [1.29, 1.82) is 0 Å². The van der Waals surface area contributed by atoms with Crippen molar-refractivity contribution in [1.82, 2.24) is 5.32 Å². The van der Waals surface area contributed by atoms with Gasteiger partial charge in [0, 0.05) is 0 Å². The van der Waals surface area contributed by atoms with E-state index in [1.165, 1.54) is 13.2 Å². The molecule has 0 spiro atoms. The highest BCUT2D eigenvalue weighted by Gasteiger charge is 2.30. The van der Waals surface area contributed by atoms with Gasteiger partial charge >= 0.3 is 6.18 Å². The number of hydrogen-bond donors (Lipinski definition) is 1. The number of hydrogen-bond acceptors (Lipinski definition) is 2. The lowest BCUT2D eigenvalue weighted by Crippen LogP contribution is -2.27. The number of ether oxygens (including phenoxy) is 1. The quantitative estimate of drug-likeness (QED) is 0.915. The number of carbonyl (C=O) groups is 1. The lowest BCUT2D eigenvalue weighted by molar-refractivity contribution is -0.137. The molecule has 0 saturated carbocycles. The van der Waals surface area contributed by atoms with Gasteiger partial charge in [-0.1, -0.05) is 24.3 Å². The van der Waals surface area contributed by atoms with E-state index in [0.717, 1.165) is 12.1 Å². The van der Waals surface area contributed by atoms with Gasteiger partial charge in [-0.3, -0.25) is 4.79 Å². The molecule has 122 valence electrons. The molecule has 1 amide bonds. The first-order valence-corrected chi connectivity index (χ1v) is 6.94. The maximum Gasteiger partial charge on any atom is 0.416 e. The van der Waals surface area contributed by atoms with Gasteiger partial charge in [0.2, 0.25) is 0 Å². The molecule has 1 unspecified atom stereocenters. The fourth-order valence-electron chi connectivity index (χ4n) is 2.17. The van der Waals surface area contributed by atoms with Crippen LogP contribution in [-0.4, -0.2) is 13.0 Å². The maximum atomic E-state index is 12.8. The summed E-state index contributed by atoms with van der Waals surface area (Å²) in [5, 5.41) is 2.68. The Kier molecular flexibility index (Phi) is 4.93. The number of amides is 1. The highest BCUT2D eigenvalue weighted by atomic mass is 19.4. The van der Waals surface area contributed by atoms with Crippen molar-refractivity contribution in [3.63, 3.8) is 0 Å². The molecule has 1 N–H and O–H groups in total. The Labute approximate surface area is 132 Å². The van der Waals surface area contributed by atoms with Crippen LogP contribution in [0.4, 0.5) is 13.2 Å². The Bertz CT molecular complexity index is 698. The zero-order valence-corrected chi connectivity index (χ0v) is 12.6. The number of carbonyl (C=O) groups excluding carboxylic acids is 1. The number of rotatable bonds is 4. The number of benzene rings is 2. The minimum Gasteiger partial charge on any atom is -0.496 e. The summed E-state index contributed by atoms with van der Waals surface area (Å²) >= 11 is 0. The molecule has 0 bridgehead atoms. The minimum atomic E-state index is -4.41. The molecule has 0 saturated heterocycles. The molecular weight excluding hydrogens is 307 g/mol. The molecule has 3 nitrogen and oxygen atoms in total. The van der Waals surface area contributed by atoms with Crippen LogP contribution in [0.1, 0.15) is 34.5 Å². The zero-order chi connectivity index (χ0) is 17.0. The van der Waals surface area contributed by atoms with E-state index >= 15 is 0 Å². The molecule has 2 aromatic carbocycles. The lowest BCUT2D eigenvalue weighted by atomic mass is 10.0. The molecule has 0 aromatic heterocycles. The summed E-state index contributed by atoms with van der Waals surface area (Å²) in [5.41, 5.74) is -0.0368. The van der Waals surface area contributed by atoms with Crippen molar-refractivity contribution in [2.24, 2.45) is 0 Å².